The molecule has 0 aliphatic heterocycles. The van der Waals surface area contributed by atoms with Crippen molar-refractivity contribution in [3.63, 3.8) is 0 Å². The van der Waals surface area contributed by atoms with E-state index in [4.69, 9.17) is 0 Å². The third-order valence-corrected chi connectivity index (χ3v) is 3.49. The number of nitrogens with one attached hydrogen (secondary N) is 2. The Hall–Kier alpha value is -3.29. The first-order valence-corrected chi connectivity index (χ1v) is 7.43. The molecule has 1 atom stereocenters. The lowest BCUT2D eigenvalue weighted by atomic mass is 10.1. The molecule has 0 aliphatic rings. The summed E-state index contributed by atoms with van der Waals surface area (Å²) in [5, 5.41) is 9.75. The Balaban J connectivity index is 1.63. The monoisotopic (exact) mass is 323 g/mol. The van der Waals surface area contributed by atoms with Crippen LogP contribution in [0, 0.1) is 6.92 Å². The van der Waals surface area contributed by atoms with Gasteiger partial charge in [-0.1, -0.05) is 0 Å². The molecule has 0 aliphatic carbocycles. The SMILES string of the molecule is Cc1ccncc1C(C)NC(=O)Nc1cnn(-c2ncccn2)c1. The van der Waals surface area contributed by atoms with Crippen LogP contribution in [0.1, 0.15) is 24.1 Å². The van der Waals surface area contributed by atoms with Gasteiger partial charge in [0.25, 0.3) is 0 Å². The molecule has 3 rings (SSSR count). The second-order valence-electron chi connectivity index (χ2n) is 5.27. The predicted molar refractivity (Wildman–Crippen MR) is 88.7 cm³/mol. The summed E-state index contributed by atoms with van der Waals surface area (Å²) < 4.78 is 1.49. The maximum Gasteiger partial charge on any atom is 0.319 e. The normalized spacial score (nSPS) is 11.8. The minimum atomic E-state index is -0.320. The number of carbonyl (C=O) groups is 1. The lowest BCUT2D eigenvalue weighted by Gasteiger charge is -2.16. The third-order valence-electron chi connectivity index (χ3n) is 3.49. The van der Waals surface area contributed by atoms with Crippen molar-refractivity contribution in [2.24, 2.45) is 0 Å². The van der Waals surface area contributed by atoms with Crippen molar-refractivity contribution in [2.75, 3.05) is 5.32 Å². The van der Waals surface area contributed by atoms with Crippen molar-refractivity contribution in [3.05, 3.63) is 60.4 Å². The van der Waals surface area contributed by atoms with Crippen LogP contribution in [-0.4, -0.2) is 30.8 Å². The second kappa shape index (κ2) is 6.86. The molecule has 3 aromatic rings. The highest BCUT2D eigenvalue weighted by Gasteiger charge is 2.12. The zero-order chi connectivity index (χ0) is 16.9. The standard InChI is InChI=1S/C16H17N7O/c1-11-4-7-17-9-14(11)12(2)21-16(24)22-13-8-20-23(10-13)15-18-5-3-6-19-15/h3-10,12H,1-2H3,(H2,21,22,24). The summed E-state index contributed by atoms with van der Waals surface area (Å²) in [7, 11) is 0. The Morgan fingerprint density at radius 3 is 2.75 bits per heavy atom. The van der Waals surface area contributed by atoms with E-state index in [2.05, 4.69) is 30.7 Å². The van der Waals surface area contributed by atoms with Crippen molar-refractivity contribution in [1.29, 1.82) is 0 Å². The van der Waals surface area contributed by atoms with Crippen LogP contribution >= 0.6 is 0 Å². The molecule has 24 heavy (non-hydrogen) atoms. The zero-order valence-electron chi connectivity index (χ0n) is 13.3. The minimum absolute atomic E-state index is 0.161. The van der Waals surface area contributed by atoms with E-state index in [1.54, 1.807) is 37.1 Å². The third kappa shape index (κ3) is 3.54. The van der Waals surface area contributed by atoms with Crippen LogP contribution in [0.2, 0.25) is 0 Å². The van der Waals surface area contributed by atoms with Crippen LogP contribution in [-0.2, 0) is 0 Å². The summed E-state index contributed by atoms with van der Waals surface area (Å²) >= 11 is 0. The van der Waals surface area contributed by atoms with Gasteiger partial charge >= 0.3 is 6.03 Å². The number of nitrogens with zero attached hydrogens (tertiary/aromatic N) is 5. The van der Waals surface area contributed by atoms with Crippen LogP contribution in [0.5, 0.6) is 0 Å². The van der Waals surface area contributed by atoms with Gasteiger partial charge in [0.2, 0.25) is 5.95 Å². The fourth-order valence-corrected chi connectivity index (χ4v) is 2.28. The molecular formula is C16H17N7O. The molecule has 3 aromatic heterocycles. The molecule has 2 N–H and O–H groups in total. The van der Waals surface area contributed by atoms with Crippen molar-refractivity contribution < 1.29 is 4.79 Å². The fraction of sp³-hybridized carbons (Fsp3) is 0.188. The van der Waals surface area contributed by atoms with E-state index in [9.17, 15) is 4.79 Å². The average molecular weight is 323 g/mol. The van der Waals surface area contributed by atoms with E-state index < -0.39 is 0 Å². The van der Waals surface area contributed by atoms with Gasteiger partial charge in [0.1, 0.15) is 0 Å². The van der Waals surface area contributed by atoms with Crippen molar-refractivity contribution >= 4 is 11.7 Å². The van der Waals surface area contributed by atoms with E-state index in [1.807, 2.05) is 19.9 Å². The highest BCUT2D eigenvalue weighted by atomic mass is 16.2. The Bertz CT molecular complexity index is 831. The summed E-state index contributed by atoms with van der Waals surface area (Å²) in [6.07, 6.45) is 9.92. The molecular weight excluding hydrogens is 306 g/mol. The molecule has 0 saturated heterocycles. The Morgan fingerprint density at radius 2 is 2.00 bits per heavy atom. The van der Waals surface area contributed by atoms with Gasteiger partial charge < -0.3 is 10.6 Å². The highest BCUT2D eigenvalue weighted by molar-refractivity contribution is 5.89. The molecule has 0 radical (unpaired) electrons. The van der Waals surface area contributed by atoms with Crippen molar-refractivity contribution in [2.45, 2.75) is 19.9 Å². The molecule has 2 amide bonds. The van der Waals surface area contributed by atoms with Crippen LogP contribution in [0.4, 0.5) is 10.5 Å². The summed E-state index contributed by atoms with van der Waals surface area (Å²) in [6, 6.07) is 3.15. The second-order valence-corrected chi connectivity index (χ2v) is 5.27. The van der Waals surface area contributed by atoms with Crippen LogP contribution < -0.4 is 10.6 Å². The zero-order valence-corrected chi connectivity index (χ0v) is 13.3. The van der Waals surface area contributed by atoms with Gasteiger partial charge in [-0.25, -0.2) is 19.4 Å². The maximum atomic E-state index is 12.1. The number of aromatic nitrogens is 5. The number of urea groups is 1. The van der Waals surface area contributed by atoms with E-state index in [0.717, 1.165) is 11.1 Å². The molecule has 0 fully saturated rings. The molecule has 122 valence electrons. The molecule has 8 heteroatoms. The smallest absolute Gasteiger partial charge is 0.319 e. The van der Waals surface area contributed by atoms with Gasteiger partial charge in [0.15, 0.2) is 0 Å². The van der Waals surface area contributed by atoms with E-state index in [0.29, 0.717) is 11.6 Å². The molecule has 0 bridgehead atoms. The number of rotatable bonds is 4. The number of carbonyl (C=O) groups excluding carboxylic acids is 1. The summed E-state index contributed by atoms with van der Waals surface area (Å²) in [5.74, 6) is 0.435. The first-order chi connectivity index (χ1) is 11.6. The molecule has 0 saturated carbocycles. The number of amides is 2. The molecule has 0 aromatic carbocycles. The number of pyridine rings is 1. The number of hydrogen-bond donors (Lipinski definition) is 2. The fourth-order valence-electron chi connectivity index (χ4n) is 2.28. The highest BCUT2D eigenvalue weighted by Crippen LogP contribution is 2.15. The predicted octanol–water partition coefficient (Wildman–Crippen LogP) is 2.25. The van der Waals surface area contributed by atoms with E-state index in [-0.39, 0.29) is 12.1 Å². The van der Waals surface area contributed by atoms with Gasteiger partial charge in [-0.3, -0.25) is 4.98 Å². The first-order valence-electron chi connectivity index (χ1n) is 7.43. The van der Waals surface area contributed by atoms with Crippen LogP contribution in [0.3, 0.4) is 0 Å². The Kier molecular flexibility index (Phi) is 4.46. The number of anilines is 1. The average Bonchev–Trinajstić information content (AvgIpc) is 3.04. The quantitative estimate of drug-likeness (QED) is 0.767. The minimum Gasteiger partial charge on any atom is -0.331 e. The number of hydrogen-bond acceptors (Lipinski definition) is 5. The van der Waals surface area contributed by atoms with E-state index in [1.165, 1.54) is 10.9 Å². The molecule has 0 spiro atoms. The van der Waals surface area contributed by atoms with Crippen LogP contribution in [0.25, 0.3) is 5.95 Å². The van der Waals surface area contributed by atoms with Crippen molar-refractivity contribution in [1.82, 2.24) is 30.0 Å². The Morgan fingerprint density at radius 1 is 1.21 bits per heavy atom. The summed E-state index contributed by atoms with van der Waals surface area (Å²) in [5.41, 5.74) is 2.60. The van der Waals surface area contributed by atoms with Crippen LogP contribution in [0.15, 0.2) is 49.3 Å². The lowest BCUT2D eigenvalue weighted by Crippen LogP contribution is -2.31. The first kappa shape index (κ1) is 15.6. The van der Waals surface area contributed by atoms with Gasteiger partial charge in [0, 0.05) is 24.8 Å². The largest absolute Gasteiger partial charge is 0.331 e. The summed E-state index contributed by atoms with van der Waals surface area (Å²) in [6.45, 7) is 3.89. The van der Waals surface area contributed by atoms with Gasteiger partial charge in [-0.15, -0.1) is 0 Å². The van der Waals surface area contributed by atoms with Gasteiger partial charge in [-0.2, -0.15) is 5.10 Å². The molecule has 3 heterocycles. The van der Waals surface area contributed by atoms with E-state index >= 15 is 0 Å². The van der Waals surface area contributed by atoms with Crippen molar-refractivity contribution in [3.8, 4) is 5.95 Å². The molecule has 1 unspecified atom stereocenters. The Labute approximate surface area is 139 Å². The topological polar surface area (TPSA) is 97.6 Å². The lowest BCUT2D eigenvalue weighted by molar-refractivity contribution is 0.249. The number of aryl methyl sites for hydroxylation is 1. The van der Waals surface area contributed by atoms with Gasteiger partial charge in [-0.05, 0) is 37.1 Å². The van der Waals surface area contributed by atoms with Gasteiger partial charge in [0.05, 0.1) is 24.1 Å². The maximum absolute atomic E-state index is 12.1. The summed E-state index contributed by atoms with van der Waals surface area (Å²) in [4.78, 5) is 24.4. The molecule has 8 nitrogen and oxygen atoms in total.